The number of aromatic nitrogens is 3. The van der Waals surface area contributed by atoms with Crippen LogP contribution in [0, 0.1) is 0 Å². The number of nitrogens with one attached hydrogen (secondary N) is 2. The molecule has 1 aromatic heterocycles. The first-order valence-corrected chi connectivity index (χ1v) is 11.8. The Morgan fingerprint density at radius 1 is 0.750 bits per heavy atom. The molecule has 0 atom stereocenters. The van der Waals surface area contributed by atoms with Crippen molar-refractivity contribution in [2.24, 2.45) is 10.2 Å². The van der Waals surface area contributed by atoms with E-state index in [1.54, 1.807) is 12.4 Å². The summed E-state index contributed by atoms with van der Waals surface area (Å²) < 4.78 is 1.98. The number of halogens is 2. The minimum absolute atomic E-state index is 0.354. The van der Waals surface area contributed by atoms with Crippen molar-refractivity contribution in [2.75, 3.05) is 28.8 Å². The highest BCUT2D eigenvalue weighted by atomic mass is 79.9. The Labute approximate surface area is 203 Å². The minimum Gasteiger partial charge on any atom is -0.341 e. The van der Waals surface area contributed by atoms with Crippen LogP contribution in [0.4, 0.5) is 17.8 Å². The number of hydrogen-bond acceptors (Lipinski definition) is 8. The van der Waals surface area contributed by atoms with Gasteiger partial charge in [0.1, 0.15) is 0 Å². The van der Waals surface area contributed by atoms with E-state index in [2.05, 4.69) is 72.8 Å². The van der Waals surface area contributed by atoms with Crippen LogP contribution in [-0.2, 0) is 0 Å². The average Bonchev–Trinajstić information content (AvgIpc) is 2.80. The van der Waals surface area contributed by atoms with Gasteiger partial charge < -0.3 is 4.90 Å². The van der Waals surface area contributed by atoms with Gasteiger partial charge in [0.2, 0.25) is 17.8 Å². The molecule has 10 heteroatoms. The molecular formula is C22H22Br2N8. The summed E-state index contributed by atoms with van der Waals surface area (Å²) in [5, 5.41) is 8.56. The molecule has 0 unspecified atom stereocenters. The lowest BCUT2D eigenvalue weighted by atomic mass is 10.1. The molecule has 2 N–H and O–H groups in total. The zero-order valence-electron chi connectivity index (χ0n) is 17.2. The third kappa shape index (κ3) is 6.57. The standard InChI is InChI=1S/C22H22Br2N8/c23-18-8-4-6-16(12-18)14-25-30-20-27-21(29-22(28-20)32-10-2-1-3-11-32)31-26-15-17-7-5-9-19(24)13-17/h4-9,12-15H,1-3,10-11H2,(H2,27,28,29,30,31)/b25-14+,26-15+. The predicted molar refractivity (Wildman–Crippen MR) is 137 cm³/mol. The van der Waals surface area contributed by atoms with Crippen LogP contribution >= 0.6 is 31.9 Å². The van der Waals surface area contributed by atoms with Crippen molar-refractivity contribution in [2.45, 2.75) is 19.3 Å². The Hall–Kier alpha value is -2.85. The minimum atomic E-state index is 0.354. The smallest absolute Gasteiger partial charge is 0.250 e. The zero-order valence-corrected chi connectivity index (χ0v) is 20.4. The number of hydrogen-bond donors (Lipinski definition) is 2. The molecule has 164 valence electrons. The number of hydrazone groups is 2. The summed E-state index contributed by atoms with van der Waals surface area (Å²) in [6, 6.07) is 15.7. The third-order valence-corrected chi connectivity index (χ3v) is 5.70. The van der Waals surface area contributed by atoms with Gasteiger partial charge in [0.15, 0.2) is 0 Å². The molecule has 3 aromatic rings. The summed E-state index contributed by atoms with van der Waals surface area (Å²) in [6.07, 6.45) is 6.91. The third-order valence-electron chi connectivity index (χ3n) is 4.72. The number of rotatable bonds is 7. The fraction of sp³-hybridized carbons (Fsp3) is 0.227. The van der Waals surface area contributed by atoms with Crippen molar-refractivity contribution in [3.8, 4) is 0 Å². The van der Waals surface area contributed by atoms with E-state index in [1.807, 2.05) is 48.5 Å². The molecule has 4 rings (SSSR count). The molecule has 0 saturated carbocycles. The lowest BCUT2D eigenvalue weighted by Crippen LogP contribution is -2.31. The quantitative estimate of drug-likeness (QED) is 0.303. The van der Waals surface area contributed by atoms with Crippen molar-refractivity contribution in [1.82, 2.24) is 15.0 Å². The highest BCUT2D eigenvalue weighted by molar-refractivity contribution is 9.10. The molecule has 1 saturated heterocycles. The van der Waals surface area contributed by atoms with Gasteiger partial charge in [-0.25, -0.2) is 10.9 Å². The summed E-state index contributed by atoms with van der Waals surface area (Å²) in [6.45, 7) is 1.84. The van der Waals surface area contributed by atoms with Crippen LogP contribution in [0.25, 0.3) is 0 Å². The highest BCUT2D eigenvalue weighted by Crippen LogP contribution is 2.19. The monoisotopic (exact) mass is 556 g/mol. The number of benzene rings is 2. The molecule has 2 heterocycles. The van der Waals surface area contributed by atoms with E-state index in [9.17, 15) is 0 Å². The van der Waals surface area contributed by atoms with E-state index in [4.69, 9.17) is 0 Å². The van der Waals surface area contributed by atoms with E-state index in [1.165, 1.54) is 6.42 Å². The van der Waals surface area contributed by atoms with Gasteiger partial charge in [0.05, 0.1) is 12.4 Å². The molecule has 0 spiro atoms. The second-order valence-corrected chi connectivity index (χ2v) is 9.01. The van der Waals surface area contributed by atoms with Gasteiger partial charge in [-0.05, 0) is 54.7 Å². The van der Waals surface area contributed by atoms with Crippen LogP contribution in [0.15, 0.2) is 67.7 Å². The normalized spacial score (nSPS) is 14.2. The molecule has 1 aliphatic heterocycles. The molecule has 0 amide bonds. The van der Waals surface area contributed by atoms with Crippen molar-refractivity contribution in [1.29, 1.82) is 0 Å². The van der Waals surface area contributed by atoms with E-state index in [0.29, 0.717) is 17.8 Å². The van der Waals surface area contributed by atoms with E-state index in [0.717, 1.165) is 46.0 Å². The molecule has 2 aromatic carbocycles. The van der Waals surface area contributed by atoms with Crippen LogP contribution in [-0.4, -0.2) is 40.5 Å². The average molecular weight is 558 g/mol. The number of nitrogens with zero attached hydrogens (tertiary/aromatic N) is 6. The van der Waals surface area contributed by atoms with Gasteiger partial charge in [0, 0.05) is 22.0 Å². The van der Waals surface area contributed by atoms with Gasteiger partial charge >= 0.3 is 0 Å². The Kier molecular flexibility index (Phi) is 7.78. The first kappa shape index (κ1) is 22.3. The van der Waals surface area contributed by atoms with Crippen LogP contribution < -0.4 is 15.8 Å². The second-order valence-electron chi connectivity index (χ2n) is 7.18. The molecule has 1 fully saturated rings. The van der Waals surface area contributed by atoms with E-state index < -0.39 is 0 Å². The topological polar surface area (TPSA) is 90.7 Å². The summed E-state index contributed by atoms with van der Waals surface area (Å²) in [4.78, 5) is 15.7. The molecule has 32 heavy (non-hydrogen) atoms. The maximum Gasteiger partial charge on any atom is 0.250 e. The van der Waals surface area contributed by atoms with Crippen molar-refractivity contribution >= 4 is 62.1 Å². The molecular weight excluding hydrogens is 536 g/mol. The predicted octanol–water partition coefficient (Wildman–Crippen LogP) is 5.28. The molecule has 1 aliphatic rings. The van der Waals surface area contributed by atoms with Crippen LogP contribution in [0.3, 0.4) is 0 Å². The van der Waals surface area contributed by atoms with Gasteiger partial charge in [-0.1, -0.05) is 56.1 Å². The fourth-order valence-corrected chi connectivity index (χ4v) is 4.04. The summed E-state index contributed by atoms with van der Waals surface area (Å²) in [5.41, 5.74) is 7.74. The first-order chi connectivity index (χ1) is 15.7. The number of anilines is 3. The molecule has 8 nitrogen and oxygen atoms in total. The summed E-state index contributed by atoms with van der Waals surface area (Å²) in [5.74, 6) is 1.32. The maximum atomic E-state index is 4.56. The van der Waals surface area contributed by atoms with Gasteiger partial charge in [-0.3, -0.25) is 0 Å². The largest absolute Gasteiger partial charge is 0.341 e. The van der Waals surface area contributed by atoms with Crippen molar-refractivity contribution in [3.05, 3.63) is 68.6 Å². The molecule has 0 radical (unpaired) electrons. The Bertz CT molecular complexity index is 1040. The summed E-state index contributed by atoms with van der Waals surface area (Å²) in [7, 11) is 0. The Morgan fingerprint density at radius 3 is 1.78 bits per heavy atom. The lowest BCUT2D eigenvalue weighted by Gasteiger charge is -2.26. The van der Waals surface area contributed by atoms with E-state index >= 15 is 0 Å². The van der Waals surface area contributed by atoms with Crippen LogP contribution in [0.5, 0.6) is 0 Å². The van der Waals surface area contributed by atoms with Gasteiger partial charge in [0.25, 0.3) is 0 Å². The molecule has 0 bridgehead atoms. The zero-order chi connectivity index (χ0) is 22.2. The molecule has 0 aliphatic carbocycles. The second kappa shape index (κ2) is 11.1. The van der Waals surface area contributed by atoms with Crippen LogP contribution in [0.1, 0.15) is 30.4 Å². The SMILES string of the molecule is Brc1cccc(/C=N/Nc2nc(N/N=C/c3cccc(Br)c3)nc(N3CCCCC3)n2)c1. The van der Waals surface area contributed by atoms with E-state index in [-0.39, 0.29) is 0 Å². The Morgan fingerprint density at radius 2 is 1.28 bits per heavy atom. The Balaban J connectivity index is 1.52. The number of piperidine rings is 1. The van der Waals surface area contributed by atoms with Crippen LogP contribution in [0.2, 0.25) is 0 Å². The van der Waals surface area contributed by atoms with Crippen molar-refractivity contribution in [3.63, 3.8) is 0 Å². The maximum absolute atomic E-state index is 4.56. The van der Waals surface area contributed by atoms with Gasteiger partial charge in [-0.15, -0.1) is 0 Å². The highest BCUT2D eigenvalue weighted by Gasteiger charge is 2.16. The van der Waals surface area contributed by atoms with Crippen molar-refractivity contribution < 1.29 is 0 Å². The summed E-state index contributed by atoms with van der Waals surface area (Å²) >= 11 is 6.92. The van der Waals surface area contributed by atoms with Gasteiger partial charge in [-0.2, -0.15) is 25.2 Å². The fourth-order valence-electron chi connectivity index (χ4n) is 3.20. The first-order valence-electron chi connectivity index (χ1n) is 10.3. The lowest BCUT2D eigenvalue weighted by molar-refractivity contribution is 0.568.